The Balaban J connectivity index is 1.85. The van der Waals surface area contributed by atoms with E-state index in [1.807, 2.05) is 13.8 Å². The van der Waals surface area contributed by atoms with Crippen molar-refractivity contribution in [2.24, 2.45) is 5.92 Å². The predicted molar refractivity (Wildman–Crippen MR) is 134 cm³/mol. The van der Waals surface area contributed by atoms with Gasteiger partial charge in [0.15, 0.2) is 11.5 Å². The molecule has 14 heteroatoms. The van der Waals surface area contributed by atoms with Crippen LogP contribution in [0.1, 0.15) is 31.9 Å². The van der Waals surface area contributed by atoms with Gasteiger partial charge in [-0.1, -0.05) is 19.9 Å². The molecule has 0 aliphatic carbocycles. The zero-order valence-corrected chi connectivity index (χ0v) is 21.8. The lowest BCUT2D eigenvalue weighted by Gasteiger charge is -2.14. The van der Waals surface area contributed by atoms with Crippen LogP contribution in [0.2, 0.25) is 0 Å². The Morgan fingerprint density at radius 1 is 1.13 bits per heavy atom. The third kappa shape index (κ3) is 7.50. The van der Waals surface area contributed by atoms with E-state index in [2.05, 4.69) is 0 Å². The normalized spacial score (nSPS) is 14.7. The number of nitro benzene ring substituents is 1. The summed E-state index contributed by atoms with van der Waals surface area (Å²) in [5, 5.41) is 10.7. The summed E-state index contributed by atoms with van der Waals surface area (Å²) in [7, 11) is 0. The topological polar surface area (TPSA) is 125 Å². The number of carbonyl (C=O) groups excluding carboxylic acids is 3. The van der Waals surface area contributed by atoms with Gasteiger partial charge in [0.1, 0.15) is 6.54 Å². The van der Waals surface area contributed by atoms with Crippen molar-refractivity contribution in [1.29, 1.82) is 0 Å². The molecule has 0 N–H and O–H groups in total. The first kappa shape index (κ1) is 29.5. The van der Waals surface area contributed by atoms with E-state index in [-0.39, 0.29) is 35.5 Å². The molecule has 1 aliphatic rings. The molecule has 1 fully saturated rings. The van der Waals surface area contributed by atoms with Crippen molar-refractivity contribution in [3.8, 4) is 17.2 Å². The Morgan fingerprint density at radius 2 is 1.82 bits per heavy atom. The van der Waals surface area contributed by atoms with Gasteiger partial charge in [0, 0.05) is 6.07 Å². The van der Waals surface area contributed by atoms with Gasteiger partial charge >= 0.3 is 17.8 Å². The molecule has 0 radical (unpaired) electrons. The number of ether oxygens (including phenoxy) is 3. The van der Waals surface area contributed by atoms with Crippen LogP contribution in [-0.4, -0.2) is 46.7 Å². The van der Waals surface area contributed by atoms with Gasteiger partial charge in [-0.3, -0.25) is 29.4 Å². The van der Waals surface area contributed by atoms with Gasteiger partial charge in [0.25, 0.3) is 11.1 Å². The third-order valence-corrected chi connectivity index (χ3v) is 5.91. The van der Waals surface area contributed by atoms with E-state index in [0.29, 0.717) is 29.5 Å². The van der Waals surface area contributed by atoms with E-state index >= 15 is 0 Å². The highest BCUT2D eigenvalue weighted by Gasteiger charge is 2.37. The van der Waals surface area contributed by atoms with Crippen molar-refractivity contribution in [3.05, 3.63) is 62.5 Å². The molecule has 0 saturated carbocycles. The smallest absolute Gasteiger partial charge is 0.416 e. The van der Waals surface area contributed by atoms with Gasteiger partial charge in [-0.15, -0.1) is 0 Å². The number of thioether (sulfide) groups is 1. The maximum atomic E-state index is 13.0. The molecule has 0 spiro atoms. The Labute approximate surface area is 224 Å². The van der Waals surface area contributed by atoms with Gasteiger partial charge in [-0.05, 0) is 60.5 Å². The SMILES string of the molecule is CCOc1cc(/C=C2/SC(=O)N(CC(=O)OCC(C)C)C2=O)ccc1Oc1ccc(C(F)(F)F)cc1[N+](=O)[O-]. The van der Waals surface area contributed by atoms with Crippen molar-refractivity contribution in [1.82, 2.24) is 4.90 Å². The number of halogens is 3. The van der Waals surface area contributed by atoms with Crippen LogP contribution in [0.15, 0.2) is 41.3 Å². The summed E-state index contributed by atoms with van der Waals surface area (Å²) in [5.41, 5.74) is -1.71. The number of hydrogen-bond acceptors (Lipinski definition) is 9. The monoisotopic (exact) mass is 568 g/mol. The fraction of sp³-hybridized carbons (Fsp3) is 0.320. The van der Waals surface area contributed by atoms with Gasteiger partial charge in [0.2, 0.25) is 5.75 Å². The Morgan fingerprint density at radius 3 is 2.44 bits per heavy atom. The molecular formula is C25H23F3N2O8S. The number of hydrogen-bond donors (Lipinski definition) is 0. The molecule has 1 heterocycles. The quantitative estimate of drug-likeness (QED) is 0.146. The molecule has 1 aliphatic heterocycles. The molecular weight excluding hydrogens is 545 g/mol. The van der Waals surface area contributed by atoms with Crippen LogP contribution in [0.3, 0.4) is 0 Å². The minimum atomic E-state index is -4.78. The van der Waals surface area contributed by atoms with Gasteiger partial charge < -0.3 is 14.2 Å². The molecule has 3 rings (SSSR count). The highest BCUT2D eigenvalue weighted by atomic mass is 32.2. The molecule has 0 bridgehead atoms. The number of esters is 1. The molecule has 208 valence electrons. The Hall–Kier alpha value is -4.07. The second-order valence-corrected chi connectivity index (χ2v) is 9.52. The largest absolute Gasteiger partial charge is 0.490 e. The highest BCUT2D eigenvalue weighted by molar-refractivity contribution is 8.18. The molecule has 10 nitrogen and oxygen atoms in total. The van der Waals surface area contributed by atoms with Crippen molar-refractivity contribution in [2.75, 3.05) is 19.8 Å². The van der Waals surface area contributed by atoms with Crippen LogP contribution in [-0.2, 0) is 20.5 Å². The average molecular weight is 569 g/mol. The number of carbonyl (C=O) groups is 3. The van der Waals surface area contributed by atoms with Crippen LogP contribution in [0, 0.1) is 16.0 Å². The third-order valence-electron chi connectivity index (χ3n) is 5.01. The Kier molecular flexibility index (Phi) is 9.22. The predicted octanol–water partition coefficient (Wildman–Crippen LogP) is 6.04. The summed E-state index contributed by atoms with van der Waals surface area (Å²) in [4.78, 5) is 48.2. The maximum absolute atomic E-state index is 13.0. The summed E-state index contributed by atoms with van der Waals surface area (Å²) in [6.07, 6.45) is -3.40. The number of alkyl halides is 3. The van der Waals surface area contributed by atoms with Crippen molar-refractivity contribution < 1.29 is 46.7 Å². The van der Waals surface area contributed by atoms with Crippen LogP contribution in [0.4, 0.5) is 23.7 Å². The zero-order valence-electron chi connectivity index (χ0n) is 20.9. The van der Waals surface area contributed by atoms with Crippen LogP contribution < -0.4 is 9.47 Å². The van der Waals surface area contributed by atoms with E-state index in [1.165, 1.54) is 24.3 Å². The van der Waals surface area contributed by atoms with E-state index in [0.717, 1.165) is 11.0 Å². The lowest BCUT2D eigenvalue weighted by molar-refractivity contribution is -0.385. The van der Waals surface area contributed by atoms with Crippen molar-refractivity contribution >= 4 is 40.6 Å². The molecule has 2 aromatic carbocycles. The summed E-state index contributed by atoms with van der Waals surface area (Å²) in [6.45, 7) is 5.10. The second-order valence-electron chi connectivity index (χ2n) is 8.52. The molecule has 2 amide bonds. The number of benzene rings is 2. The summed E-state index contributed by atoms with van der Waals surface area (Å²) < 4.78 is 55.1. The molecule has 0 unspecified atom stereocenters. The first-order valence-corrected chi connectivity index (χ1v) is 12.3. The lowest BCUT2D eigenvalue weighted by Crippen LogP contribution is -2.34. The van der Waals surface area contributed by atoms with E-state index < -0.39 is 51.8 Å². The van der Waals surface area contributed by atoms with Gasteiger partial charge in [-0.25, -0.2) is 0 Å². The van der Waals surface area contributed by atoms with Crippen LogP contribution >= 0.6 is 11.8 Å². The maximum Gasteiger partial charge on any atom is 0.416 e. The van der Waals surface area contributed by atoms with Crippen LogP contribution in [0.5, 0.6) is 17.2 Å². The lowest BCUT2D eigenvalue weighted by atomic mass is 10.1. The van der Waals surface area contributed by atoms with Crippen molar-refractivity contribution in [2.45, 2.75) is 26.9 Å². The number of nitro groups is 1. The average Bonchev–Trinajstić information content (AvgIpc) is 3.11. The summed E-state index contributed by atoms with van der Waals surface area (Å²) in [5.74, 6) is -1.71. The highest BCUT2D eigenvalue weighted by Crippen LogP contribution is 2.41. The molecule has 1 saturated heterocycles. The zero-order chi connectivity index (χ0) is 28.9. The van der Waals surface area contributed by atoms with Crippen LogP contribution in [0.25, 0.3) is 6.08 Å². The van der Waals surface area contributed by atoms with E-state index in [4.69, 9.17) is 14.2 Å². The van der Waals surface area contributed by atoms with E-state index in [9.17, 15) is 37.7 Å². The van der Waals surface area contributed by atoms with E-state index in [1.54, 1.807) is 6.92 Å². The minimum Gasteiger partial charge on any atom is -0.490 e. The standard InChI is InChI=1S/C25H23F3N2O8S/c1-4-36-20-9-15(10-21-23(32)29(24(33)39-21)12-22(31)37-13-14(2)3)5-7-19(20)38-18-8-6-16(25(26,27)28)11-17(18)30(34)35/h5-11,14H,4,12-13H2,1-3H3/b21-10+. The molecule has 0 aromatic heterocycles. The molecule has 0 atom stereocenters. The number of amides is 2. The minimum absolute atomic E-state index is 0.0298. The van der Waals surface area contributed by atoms with Crippen molar-refractivity contribution in [3.63, 3.8) is 0 Å². The summed E-state index contributed by atoms with van der Waals surface area (Å²) in [6, 6.07) is 6.11. The number of rotatable bonds is 10. The Bertz CT molecular complexity index is 1330. The van der Waals surface area contributed by atoms with Gasteiger partial charge in [-0.2, -0.15) is 13.2 Å². The first-order valence-electron chi connectivity index (χ1n) is 11.5. The molecule has 2 aromatic rings. The first-order chi connectivity index (χ1) is 18.3. The van der Waals surface area contributed by atoms with Gasteiger partial charge in [0.05, 0.1) is 28.6 Å². The summed E-state index contributed by atoms with van der Waals surface area (Å²) >= 11 is 0.629. The second kappa shape index (κ2) is 12.2. The fourth-order valence-electron chi connectivity index (χ4n) is 3.23. The molecule has 39 heavy (non-hydrogen) atoms. The number of nitrogens with zero attached hydrogens (tertiary/aromatic N) is 2. The number of imide groups is 1. The fourth-order valence-corrected chi connectivity index (χ4v) is 4.07.